The summed E-state index contributed by atoms with van der Waals surface area (Å²) in [5.74, 6) is 0.946. The SMILES string of the molecule is COc1ccc(Br)cc1C(c1csc2ccccc12)N1CCNCC1. The van der Waals surface area contributed by atoms with E-state index in [1.165, 1.54) is 21.2 Å². The normalized spacial score (nSPS) is 16.9. The third-order valence-corrected chi connectivity index (χ3v) is 6.28. The van der Waals surface area contributed by atoms with Gasteiger partial charge in [0.1, 0.15) is 5.75 Å². The Kier molecular flexibility index (Phi) is 5.08. The van der Waals surface area contributed by atoms with Gasteiger partial charge in [-0.05, 0) is 40.6 Å². The molecule has 130 valence electrons. The van der Waals surface area contributed by atoms with Crippen LogP contribution in [0.15, 0.2) is 52.3 Å². The predicted molar refractivity (Wildman–Crippen MR) is 109 cm³/mol. The molecule has 1 aliphatic heterocycles. The first-order chi connectivity index (χ1) is 12.3. The van der Waals surface area contributed by atoms with E-state index in [1.54, 1.807) is 7.11 Å². The zero-order chi connectivity index (χ0) is 17.2. The fourth-order valence-corrected chi connectivity index (χ4v) is 4.99. The fraction of sp³-hybridized carbons (Fsp3) is 0.300. The summed E-state index contributed by atoms with van der Waals surface area (Å²) in [6, 6.07) is 15.2. The number of benzene rings is 2. The molecule has 2 heterocycles. The highest BCUT2D eigenvalue weighted by atomic mass is 79.9. The number of thiophene rings is 1. The Bertz CT molecular complexity index is 873. The van der Waals surface area contributed by atoms with E-state index in [0.29, 0.717) is 0 Å². The van der Waals surface area contributed by atoms with E-state index in [1.807, 2.05) is 17.4 Å². The van der Waals surface area contributed by atoms with E-state index in [9.17, 15) is 0 Å². The standard InChI is InChI=1S/C20H21BrN2OS/c1-24-18-7-6-14(21)12-16(18)20(23-10-8-22-9-11-23)17-13-25-19-5-3-2-4-15(17)19/h2-7,12-13,20,22H,8-11H2,1H3. The maximum atomic E-state index is 5.72. The van der Waals surface area contributed by atoms with Gasteiger partial charge in [0, 0.05) is 40.9 Å². The fourth-order valence-electron chi connectivity index (χ4n) is 3.63. The lowest BCUT2D eigenvalue weighted by Gasteiger charge is -2.36. The van der Waals surface area contributed by atoms with Crippen molar-refractivity contribution in [2.24, 2.45) is 0 Å². The lowest BCUT2D eigenvalue weighted by atomic mass is 9.95. The number of fused-ring (bicyclic) bond motifs is 1. The van der Waals surface area contributed by atoms with Gasteiger partial charge < -0.3 is 10.1 Å². The number of nitrogens with zero attached hydrogens (tertiary/aromatic N) is 1. The quantitative estimate of drug-likeness (QED) is 0.668. The second-order valence-corrected chi connectivity index (χ2v) is 8.09. The van der Waals surface area contributed by atoms with Crippen LogP contribution in [0.1, 0.15) is 17.2 Å². The summed E-state index contributed by atoms with van der Waals surface area (Å²) in [7, 11) is 1.76. The Morgan fingerprint density at radius 1 is 1.12 bits per heavy atom. The molecule has 5 heteroatoms. The lowest BCUT2D eigenvalue weighted by molar-refractivity contribution is 0.196. The van der Waals surface area contributed by atoms with Crippen molar-refractivity contribution >= 4 is 37.4 Å². The highest BCUT2D eigenvalue weighted by Gasteiger charge is 2.28. The molecule has 0 spiro atoms. The molecule has 1 N–H and O–H groups in total. The minimum atomic E-state index is 0.200. The largest absolute Gasteiger partial charge is 0.496 e. The van der Waals surface area contributed by atoms with Crippen LogP contribution in [0.2, 0.25) is 0 Å². The molecule has 0 radical (unpaired) electrons. The van der Waals surface area contributed by atoms with E-state index in [2.05, 4.69) is 67.9 Å². The van der Waals surface area contributed by atoms with Crippen LogP contribution in [0.25, 0.3) is 10.1 Å². The Morgan fingerprint density at radius 3 is 2.72 bits per heavy atom. The molecule has 4 rings (SSSR count). The average molecular weight is 417 g/mol. The summed E-state index contributed by atoms with van der Waals surface area (Å²) >= 11 is 5.47. The predicted octanol–water partition coefficient (Wildman–Crippen LogP) is 4.67. The number of nitrogens with one attached hydrogen (secondary N) is 1. The number of rotatable bonds is 4. The van der Waals surface area contributed by atoms with Gasteiger partial charge in [-0.3, -0.25) is 4.90 Å². The molecule has 1 fully saturated rings. The van der Waals surface area contributed by atoms with Gasteiger partial charge >= 0.3 is 0 Å². The van der Waals surface area contributed by atoms with Gasteiger partial charge in [0.15, 0.2) is 0 Å². The van der Waals surface area contributed by atoms with Crippen LogP contribution in [0.4, 0.5) is 0 Å². The number of hydrogen-bond acceptors (Lipinski definition) is 4. The molecule has 1 saturated heterocycles. The van der Waals surface area contributed by atoms with Crippen LogP contribution < -0.4 is 10.1 Å². The van der Waals surface area contributed by atoms with E-state index in [4.69, 9.17) is 4.74 Å². The van der Waals surface area contributed by atoms with Gasteiger partial charge in [-0.25, -0.2) is 0 Å². The minimum Gasteiger partial charge on any atom is -0.496 e. The smallest absolute Gasteiger partial charge is 0.124 e. The molecule has 0 bridgehead atoms. The summed E-state index contributed by atoms with van der Waals surface area (Å²) in [6.07, 6.45) is 0. The van der Waals surface area contributed by atoms with Crippen molar-refractivity contribution in [2.45, 2.75) is 6.04 Å². The Morgan fingerprint density at radius 2 is 1.92 bits per heavy atom. The van der Waals surface area contributed by atoms with Crippen LogP contribution in [0.3, 0.4) is 0 Å². The third-order valence-electron chi connectivity index (χ3n) is 4.81. The monoisotopic (exact) mass is 416 g/mol. The molecule has 1 atom stereocenters. The first kappa shape index (κ1) is 17.0. The molecular formula is C20H21BrN2OS. The van der Waals surface area contributed by atoms with Gasteiger partial charge in [-0.1, -0.05) is 34.1 Å². The Hall–Kier alpha value is -1.40. The van der Waals surface area contributed by atoms with Crippen molar-refractivity contribution in [2.75, 3.05) is 33.3 Å². The van der Waals surface area contributed by atoms with E-state index >= 15 is 0 Å². The maximum Gasteiger partial charge on any atom is 0.124 e. The first-order valence-corrected chi connectivity index (χ1v) is 10.2. The number of ether oxygens (including phenoxy) is 1. The molecule has 25 heavy (non-hydrogen) atoms. The van der Waals surface area contributed by atoms with Crippen LogP contribution in [0.5, 0.6) is 5.75 Å². The molecule has 0 saturated carbocycles. The Balaban J connectivity index is 1.89. The summed E-state index contributed by atoms with van der Waals surface area (Å²) in [5.41, 5.74) is 2.60. The number of halogens is 1. The van der Waals surface area contributed by atoms with Crippen molar-refractivity contribution in [3.05, 3.63) is 63.4 Å². The van der Waals surface area contributed by atoms with Crippen molar-refractivity contribution in [1.82, 2.24) is 10.2 Å². The van der Waals surface area contributed by atoms with Gasteiger partial charge in [0.25, 0.3) is 0 Å². The third kappa shape index (κ3) is 3.34. The van der Waals surface area contributed by atoms with Gasteiger partial charge in [0.2, 0.25) is 0 Å². The summed E-state index contributed by atoms with van der Waals surface area (Å²) in [5, 5.41) is 7.13. The van der Waals surface area contributed by atoms with Gasteiger partial charge in [0.05, 0.1) is 13.2 Å². The molecule has 3 aromatic rings. The molecular weight excluding hydrogens is 396 g/mol. The maximum absolute atomic E-state index is 5.72. The molecule has 1 unspecified atom stereocenters. The summed E-state index contributed by atoms with van der Waals surface area (Å²) < 4.78 is 8.15. The molecule has 1 aromatic heterocycles. The van der Waals surface area contributed by atoms with E-state index in [0.717, 1.165) is 36.4 Å². The first-order valence-electron chi connectivity index (χ1n) is 8.52. The number of methoxy groups -OCH3 is 1. The molecule has 0 amide bonds. The van der Waals surface area contributed by atoms with Crippen molar-refractivity contribution < 1.29 is 4.74 Å². The number of hydrogen-bond donors (Lipinski definition) is 1. The Labute approximate surface area is 160 Å². The van der Waals surface area contributed by atoms with Crippen LogP contribution >= 0.6 is 27.3 Å². The second-order valence-electron chi connectivity index (χ2n) is 6.26. The van der Waals surface area contributed by atoms with E-state index in [-0.39, 0.29) is 6.04 Å². The van der Waals surface area contributed by atoms with Gasteiger partial charge in [-0.15, -0.1) is 11.3 Å². The molecule has 0 aliphatic carbocycles. The summed E-state index contributed by atoms with van der Waals surface area (Å²) in [4.78, 5) is 2.56. The molecule has 1 aliphatic rings. The zero-order valence-corrected chi connectivity index (χ0v) is 16.6. The lowest BCUT2D eigenvalue weighted by Crippen LogP contribution is -2.45. The van der Waals surface area contributed by atoms with Crippen LogP contribution in [-0.4, -0.2) is 38.2 Å². The second kappa shape index (κ2) is 7.46. The zero-order valence-electron chi connectivity index (χ0n) is 14.2. The van der Waals surface area contributed by atoms with Crippen LogP contribution in [-0.2, 0) is 0 Å². The van der Waals surface area contributed by atoms with Crippen molar-refractivity contribution in [3.63, 3.8) is 0 Å². The highest BCUT2D eigenvalue weighted by Crippen LogP contribution is 2.41. The molecule has 2 aromatic carbocycles. The van der Waals surface area contributed by atoms with Crippen molar-refractivity contribution in [3.8, 4) is 5.75 Å². The van der Waals surface area contributed by atoms with Crippen molar-refractivity contribution in [1.29, 1.82) is 0 Å². The topological polar surface area (TPSA) is 24.5 Å². The summed E-state index contributed by atoms with van der Waals surface area (Å²) in [6.45, 7) is 4.11. The minimum absolute atomic E-state index is 0.200. The van der Waals surface area contributed by atoms with Gasteiger partial charge in [-0.2, -0.15) is 0 Å². The highest BCUT2D eigenvalue weighted by molar-refractivity contribution is 9.10. The van der Waals surface area contributed by atoms with Crippen LogP contribution in [0, 0.1) is 0 Å². The number of piperazine rings is 1. The van der Waals surface area contributed by atoms with E-state index < -0.39 is 0 Å². The molecule has 3 nitrogen and oxygen atoms in total. The average Bonchev–Trinajstić information content (AvgIpc) is 3.07.